The molecule has 2 amide bonds. The summed E-state index contributed by atoms with van der Waals surface area (Å²) >= 11 is 12.4. The smallest absolute Gasteiger partial charge is 0.273 e. The maximum atomic E-state index is 12.9. The number of amides is 2. The maximum Gasteiger partial charge on any atom is 0.273 e. The van der Waals surface area contributed by atoms with Gasteiger partial charge in [0.25, 0.3) is 11.8 Å². The molecule has 2 aromatic carbocycles. The number of benzene rings is 2. The van der Waals surface area contributed by atoms with Gasteiger partial charge in [-0.3, -0.25) is 9.59 Å². The van der Waals surface area contributed by atoms with Crippen LogP contribution in [0.5, 0.6) is 11.5 Å². The Morgan fingerprint density at radius 1 is 1.03 bits per heavy atom. The molecule has 0 spiro atoms. The van der Waals surface area contributed by atoms with Crippen LogP contribution in [0.2, 0.25) is 10.0 Å². The van der Waals surface area contributed by atoms with Crippen molar-refractivity contribution in [1.29, 1.82) is 0 Å². The second-order valence-electron chi connectivity index (χ2n) is 6.41. The van der Waals surface area contributed by atoms with Crippen LogP contribution in [-0.4, -0.2) is 50.0 Å². The van der Waals surface area contributed by atoms with E-state index in [1.54, 1.807) is 32.3 Å². The van der Waals surface area contributed by atoms with Crippen LogP contribution in [0.1, 0.15) is 20.8 Å². The van der Waals surface area contributed by atoms with Gasteiger partial charge in [-0.2, -0.15) is 0 Å². The molecular weight excluding hydrogens is 417 g/mol. The van der Waals surface area contributed by atoms with E-state index in [1.807, 2.05) is 0 Å². The van der Waals surface area contributed by atoms with E-state index in [0.717, 1.165) is 0 Å². The van der Waals surface area contributed by atoms with Crippen molar-refractivity contribution in [2.45, 2.75) is 0 Å². The molecule has 0 aliphatic carbocycles. The number of aromatic amines is 1. The van der Waals surface area contributed by atoms with Gasteiger partial charge in [0.15, 0.2) is 11.5 Å². The van der Waals surface area contributed by atoms with Gasteiger partial charge in [-0.05, 0) is 24.3 Å². The number of nitrogens with zero attached hydrogens (tertiary/aromatic N) is 1. The molecule has 0 atom stereocenters. The van der Waals surface area contributed by atoms with Gasteiger partial charge in [0, 0.05) is 36.1 Å². The molecule has 2 N–H and O–H groups in total. The van der Waals surface area contributed by atoms with E-state index < -0.39 is 5.91 Å². The van der Waals surface area contributed by atoms with Gasteiger partial charge in [0.05, 0.1) is 30.5 Å². The minimum atomic E-state index is -0.512. The lowest BCUT2D eigenvalue weighted by atomic mass is 10.1. The van der Waals surface area contributed by atoms with Gasteiger partial charge in [0.1, 0.15) is 5.69 Å². The number of rotatable bonds is 5. The normalized spacial score (nSPS) is 10.7. The Labute approximate surface area is 177 Å². The number of halogens is 2. The van der Waals surface area contributed by atoms with Crippen molar-refractivity contribution >= 4 is 51.6 Å². The summed E-state index contributed by atoms with van der Waals surface area (Å²) in [5, 5.41) is 4.10. The minimum absolute atomic E-state index is 0.155. The van der Waals surface area contributed by atoms with Crippen LogP contribution < -0.4 is 14.8 Å². The summed E-state index contributed by atoms with van der Waals surface area (Å²) in [5.41, 5.74) is 1.33. The van der Waals surface area contributed by atoms with E-state index in [0.29, 0.717) is 27.4 Å². The average Bonchev–Trinajstić information content (AvgIpc) is 3.03. The zero-order valence-electron chi connectivity index (χ0n) is 16.2. The number of ether oxygens (including phenoxy) is 2. The largest absolute Gasteiger partial charge is 0.493 e. The molecule has 3 aromatic rings. The Morgan fingerprint density at radius 2 is 1.69 bits per heavy atom. The SMILES string of the molecule is COc1cc(NC(=O)c2[nH]c3ccc(Cl)cc3c2Cl)c(C(=O)N(C)C)cc1OC. The van der Waals surface area contributed by atoms with Crippen molar-refractivity contribution in [3.63, 3.8) is 0 Å². The zero-order valence-corrected chi connectivity index (χ0v) is 17.7. The van der Waals surface area contributed by atoms with Crippen molar-refractivity contribution in [2.24, 2.45) is 0 Å². The summed E-state index contributed by atoms with van der Waals surface area (Å²) < 4.78 is 10.6. The molecule has 0 aliphatic heterocycles. The topological polar surface area (TPSA) is 83.7 Å². The van der Waals surface area contributed by atoms with Crippen LogP contribution in [0.25, 0.3) is 10.9 Å². The predicted molar refractivity (Wildman–Crippen MR) is 114 cm³/mol. The first-order valence-electron chi connectivity index (χ1n) is 8.52. The summed E-state index contributed by atoms with van der Waals surface area (Å²) in [6.07, 6.45) is 0. The van der Waals surface area contributed by atoms with Crippen LogP contribution in [-0.2, 0) is 0 Å². The average molecular weight is 436 g/mol. The van der Waals surface area contributed by atoms with E-state index >= 15 is 0 Å². The van der Waals surface area contributed by atoms with Crippen molar-refractivity contribution < 1.29 is 19.1 Å². The summed E-state index contributed by atoms with van der Waals surface area (Å²) in [6, 6.07) is 8.15. The Hall–Kier alpha value is -2.90. The third-order valence-electron chi connectivity index (χ3n) is 4.33. The molecule has 152 valence electrons. The Morgan fingerprint density at radius 3 is 2.31 bits per heavy atom. The molecule has 0 bridgehead atoms. The lowest BCUT2D eigenvalue weighted by Gasteiger charge is -2.17. The number of carbonyl (C=O) groups excluding carboxylic acids is 2. The van der Waals surface area contributed by atoms with E-state index in [2.05, 4.69) is 10.3 Å². The molecular formula is C20H19Cl2N3O4. The zero-order chi connectivity index (χ0) is 21.3. The standard InChI is InChI=1S/C20H19Cl2N3O4/c1-25(2)20(27)12-8-15(28-3)16(29-4)9-14(12)24-19(26)18-17(22)11-7-10(21)5-6-13(11)23-18/h5-9,23H,1-4H3,(H,24,26). The fraction of sp³-hybridized carbons (Fsp3) is 0.200. The third kappa shape index (κ3) is 3.97. The first-order valence-corrected chi connectivity index (χ1v) is 9.28. The minimum Gasteiger partial charge on any atom is -0.493 e. The molecule has 1 aromatic heterocycles. The predicted octanol–water partition coefficient (Wildman–Crippen LogP) is 4.45. The van der Waals surface area contributed by atoms with Gasteiger partial charge in [-0.25, -0.2) is 0 Å². The summed E-state index contributed by atoms with van der Waals surface area (Å²) in [7, 11) is 6.16. The lowest BCUT2D eigenvalue weighted by molar-refractivity contribution is 0.0828. The van der Waals surface area contributed by atoms with Crippen LogP contribution in [0.4, 0.5) is 5.69 Å². The van der Waals surface area contributed by atoms with E-state index in [1.165, 1.54) is 31.3 Å². The Kier molecular flexibility index (Phi) is 5.91. The van der Waals surface area contributed by atoms with Crippen molar-refractivity contribution in [3.8, 4) is 11.5 Å². The number of methoxy groups -OCH3 is 2. The fourth-order valence-electron chi connectivity index (χ4n) is 2.87. The van der Waals surface area contributed by atoms with Gasteiger partial charge in [-0.1, -0.05) is 23.2 Å². The number of hydrogen-bond donors (Lipinski definition) is 2. The molecule has 0 unspecified atom stereocenters. The van der Waals surface area contributed by atoms with Crippen molar-refractivity contribution in [1.82, 2.24) is 9.88 Å². The van der Waals surface area contributed by atoms with Gasteiger partial charge in [0.2, 0.25) is 0 Å². The van der Waals surface area contributed by atoms with E-state index in [4.69, 9.17) is 32.7 Å². The number of H-pyrrole nitrogens is 1. The highest BCUT2D eigenvalue weighted by Crippen LogP contribution is 2.35. The number of fused-ring (bicyclic) bond motifs is 1. The highest BCUT2D eigenvalue weighted by molar-refractivity contribution is 6.40. The van der Waals surface area contributed by atoms with Crippen molar-refractivity contribution in [3.05, 3.63) is 51.6 Å². The third-order valence-corrected chi connectivity index (χ3v) is 4.96. The molecule has 1 heterocycles. The second kappa shape index (κ2) is 8.23. The number of anilines is 1. The first kappa shape index (κ1) is 20.8. The number of hydrogen-bond acceptors (Lipinski definition) is 4. The Balaban J connectivity index is 2.05. The van der Waals surface area contributed by atoms with Gasteiger partial charge >= 0.3 is 0 Å². The maximum absolute atomic E-state index is 12.9. The highest BCUT2D eigenvalue weighted by atomic mass is 35.5. The summed E-state index contributed by atoms with van der Waals surface area (Å²) in [5.74, 6) is -0.0836. The van der Waals surface area contributed by atoms with E-state index in [-0.39, 0.29) is 27.9 Å². The first-order chi connectivity index (χ1) is 13.8. The number of aromatic nitrogens is 1. The molecule has 3 rings (SSSR count). The van der Waals surface area contributed by atoms with Crippen LogP contribution in [0, 0.1) is 0 Å². The molecule has 7 nitrogen and oxygen atoms in total. The molecule has 0 radical (unpaired) electrons. The molecule has 0 saturated carbocycles. The molecule has 0 aliphatic rings. The monoisotopic (exact) mass is 435 g/mol. The van der Waals surface area contributed by atoms with Crippen LogP contribution in [0.15, 0.2) is 30.3 Å². The molecule has 0 saturated heterocycles. The highest BCUT2D eigenvalue weighted by Gasteiger charge is 2.22. The van der Waals surface area contributed by atoms with Crippen LogP contribution >= 0.6 is 23.2 Å². The second-order valence-corrected chi connectivity index (χ2v) is 7.22. The van der Waals surface area contributed by atoms with Crippen LogP contribution in [0.3, 0.4) is 0 Å². The lowest BCUT2D eigenvalue weighted by Crippen LogP contribution is -2.24. The van der Waals surface area contributed by atoms with Gasteiger partial charge < -0.3 is 24.7 Å². The summed E-state index contributed by atoms with van der Waals surface area (Å²) in [4.78, 5) is 29.9. The van der Waals surface area contributed by atoms with Crippen molar-refractivity contribution in [2.75, 3.05) is 33.6 Å². The number of carbonyl (C=O) groups is 2. The fourth-order valence-corrected chi connectivity index (χ4v) is 3.33. The molecule has 0 fully saturated rings. The Bertz CT molecular complexity index is 1110. The molecule has 9 heteroatoms. The van der Waals surface area contributed by atoms with Gasteiger partial charge in [-0.15, -0.1) is 0 Å². The molecule has 29 heavy (non-hydrogen) atoms. The summed E-state index contributed by atoms with van der Waals surface area (Å²) in [6.45, 7) is 0. The van der Waals surface area contributed by atoms with E-state index in [9.17, 15) is 9.59 Å². The number of nitrogens with one attached hydrogen (secondary N) is 2. The quantitative estimate of drug-likeness (QED) is 0.619.